The summed E-state index contributed by atoms with van der Waals surface area (Å²) in [5, 5.41) is 3.44. The summed E-state index contributed by atoms with van der Waals surface area (Å²) >= 11 is 0. The van der Waals surface area contributed by atoms with Gasteiger partial charge in [0.15, 0.2) is 0 Å². The van der Waals surface area contributed by atoms with E-state index < -0.39 is 0 Å². The summed E-state index contributed by atoms with van der Waals surface area (Å²) in [6.45, 7) is 3.50. The fraction of sp³-hybridized carbons (Fsp3) is 1.00. The van der Waals surface area contributed by atoms with Crippen LogP contribution in [0.2, 0.25) is 0 Å². The third-order valence-corrected chi connectivity index (χ3v) is 2.70. The summed E-state index contributed by atoms with van der Waals surface area (Å²) in [5.41, 5.74) is 0. The van der Waals surface area contributed by atoms with E-state index in [4.69, 9.17) is 4.74 Å². The normalized spacial score (nSPS) is 34.0. The highest BCUT2D eigenvalue weighted by Gasteiger charge is 2.23. The van der Waals surface area contributed by atoms with Crippen LogP contribution in [0, 0.1) is 5.92 Å². The maximum Gasteiger partial charge on any atom is 0.0810 e. The molecular weight excluding hydrogens is 154 g/mol. The molecule has 2 aliphatic rings. The maximum atomic E-state index is 5.18. The Hall–Kier alpha value is -0.120. The number of nitrogens with one attached hydrogen (secondary N) is 1. The van der Waals surface area contributed by atoms with Crippen LogP contribution in [0.25, 0.3) is 0 Å². The highest BCUT2D eigenvalue weighted by atomic mass is 16.6. The molecule has 12 heavy (non-hydrogen) atoms. The molecule has 2 heterocycles. The van der Waals surface area contributed by atoms with Crippen LogP contribution in [0.3, 0.4) is 0 Å². The predicted molar refractivity (Wildman–Crippen MR) is 48.2 cm³/mol. The minimum atomic E-state index is 0. The van der Waals surface area contributed by atoms with E-state index in [-0.39, 0.29) is 5.48 Å². The van der Waals surface area contributed by atoms with Crippen LogP contribution >= 0.6 is 0 Å². The van der Waals surface area contributed by atoms with Gasteiger partial charge in [-0.25, -0.2) is 0 Å². The van der Waals surface area contributed by atoms with E-state index in [1.807, 2.05) is 0 Å². The first-order valence-corrected chi connectivity index (χ1v) is 4.77. The van der Waals surface area contributed by atoms with Crippen LogP contribution in [-0.2, 0) is 4.74 Å². The Kier molecular flexibility index (Phi) is 3.98. The number of ether oxygens (including phenoxy) is 1. The average Bonchev–Trinajstić information content (AvgIpc) is 2.86. The molecule has 3 N–H and O–H groups in total. The number of epoxide rings is 1. The molecule has 2 fully saturated rings. The zero-order chi connectivity index (χ0) is 7.52. The van der Waals surface area contributed by atoms with Crippen molar-refractivity contribution in [2.24, 2.45) is 5.92 Å². The van der Waals surface area contributed by atoms with Crippen LogP contribution in [0.1, 0.15) is 25.7 Å². The first-order chi connectivity index (χ1) is 5.45. The number of hydrogen-bond acceptors (Lipinski definition) is 2. The van der Waals surface area contributed by atoms with Gasteiger partial charge in [0.1, 0.15) is 0 Å². The first kappa shape index (κ1) is 9.96. The van der Waals surface area contributed by atoms with Crippen molar-refractivity contribution in [3.63, 3.8) is 0 Å². The molecule has 2 aliphatic heterocycles. The first-order valence-electron chi connectivity index (χ1n) is 4.77. The predicted octanol–water partition coefficient (Wildman–Crippen LogP) is 0.340. The molecule has 3 nitrogen and oxygen atoms in total. The van der Waals surface area contributed by atoms with E-state index in [0.717, 1.165) is 12.5 Å². The Bertz CT molecular complexity index is 120. The lowest BCUT2D eigenvalue weighted by Gasteiger charge is -2.22. The second-order valence-corrected chi connectivity index (χ2v) is 3.75. The van der Waals surface area contributed by atoms with Gasteiger partial charge in [0, 0.05) is 0 Å². The quantitative estimate of drug-likeness (QED) is 0.626. The van der Waals surface area contributed by atoms with E-state index in [9.17, 15) is 0 Å². The lowest BCUT2D eigenvalue weighted by Crippen LogP contribution is -2.29. The van der Waals surface area contributed by atoms with E-state index in [2.05, 4.69) is 5.32 Å². The zero-order valence-electron chi connectivity index (χ0n) is 7.51. The minimum absolute atomic E-state index is 0. The number of piperidine rings is 1. The third kappa shape index (κ3) is 3.09. The summed E-state index contributed by atoms with van der Waals surface area (Å²) in [5.74, 6) is 0.938. The summed E-state index contributed by atoms with van der Waals surface area (Å²) in [4.78, 5) is 0. The van der Waals surface area contributed by atoms with Crippen LogP contribution in [0.4, 0.5) is 0 Å². The van der Waals surface area contributed by atoms with Crippen LogP contribution in [-0.4, -0.2) is 31.3 Å². The molecule has 0 radical (unpaired) electrons. The molecule has 0 bridgehead atoms. The van der Waals surface area contributed by atoms with Crippen molar-refractivity contribution < 1.29 is 10.2 Å². The van der Waals surface area contributed by atoms with E-state index in [0.29, 0.717) is 6.10 Å². The van der Waals surface area contributed by atoms with Gasteiger partial charge in [-0.2, -0.15) is 0 Å². The molecule has 0 amide bonds. The Morgan fingerprint density at radius 2 is 2.17 bits per heavy atom. The molecule has 0 aromatic heterocycles. The molecule has 2 saturated heterocycles. The van der Waals surface area contributed by atoms with Gasteiger partial charge in [-0.15, -0.1) is 0 Å². The second-order valence-electron chi connectivity index (χ2n) is 3.75. The second kappa shape index (κ2) is 4.80. The molecule has 2 rings (SSSR count). The van der Waals surface area contributed by atoms with Gasteiger partial charge in [0.05, 0.1) is 12.7 Å². The van der Waals surface area contributed by atoms with Gasteiger partial charge in [0.25, 0.3) is 0 Å². The molecule has 3 heteroatoms. The SMILES string of the molecule is C1CNCC(CCC2CO2)C1.O. The Morgan fingerprint density at radius 1 is 1.33 bits per heavy atom. The van der Waals surface area contributed by atoms with Gasteiger partial charge in [0.2, 0.25) is 0 Å². The van der Waals surface area contributed by atoms with Gasteiger partial charge in [-0.05, 0) is 44.7 Å². The number of rotatable bonds is 3. The Morgan fingerprint density at radius 3 is 2.75 bits per heavy atom. The van der Waals surface area contributed by atoms with Crippen LogP contribution < -0.4 is 5.32 Å². The van der Waals surface area contributed by atoms with Gasteiger partial charge < -0.3 is 15.5 Å². The summed E-state index contributed by atoms with van der Waals surface area (Å²) in [6.07, 6.45) is 6.11. The lowest BCUT2D eigenvalue weighted by molar-refractivity contribution is 0.322. The van der Waals surface area contributed by atoms with E-state index >= 15 is 0 Å². The molecule has 0 aliphatic carbocycles. The topological polar surface area (TPSA) is 56.1 Å². The Labute approximate surface area is 73.8 Å². The zero-order valence-corrected chi connectivity index (χ0v) is 7.51. The van der Waals surface area contributed by atoms with Gasteiger partial charge in [-0.3, -0.25) is 0 Å². The van der Waals surface area contributed by atoms with Crippen molar-refractivity contribution in [2.45, 2.75) is 31.8 Å². The fourth-order valence-corrected chi connectivity index (χ4v) is 1.83. The largest absolute Gasteiger partial charge is 0.412 e. The third-order valence-electron chi connectivity index (χ3n) is 2.70. The standard InChI is InChI=1S/C9H17NO.H2O/c1-2-8(6-10-5-1)3-4-9-7-11-9;/h8-10H,1-7H2;1H2. The van der Waals surface area contributed by atoms with Crippen molar-refractivity contribution in [2.75, 3.05) is 19.7 Å². The van der Waals surface area contributed by atoms with Crippen molar-refractivity contribution >= 4 is 0 Å². The van der Waals surface area contributed by atoms with Crippen LogP contribution in [0.5, 0.6) is 0 Å². The highest BCUT2D eigenvalue weighted by Crippen LogP contribution is 2.22. The van der Waals surface area contributed by atoms with Crippen LogP contribution in [0.15, 0.2) is 0 Å². The molecule has 72 valence electrons. The van der Waals surface area contributed by atoms with E-state index in [1.54, 1.807) is 0 Å². The molecular formula is C9H19NO2. The van der Waals surface area contributed by atoms with E-state index in [1.165, 1.54) is 38.8 Å². The molecule has 0 spiro atoms. The molecule has 2 atom stereocenters. The lowest BCUT2D eigenvalue weighted by atomic mass is 9.94. The smallest absolute Gasteiger partial charge is 0.0810 e. The monoisotopic (exact) mass is 173 g/mol. The minimum Gasteiger partial charge on any atom is -0.412 e. The summed E-state index contributed by atoms with van der Waals surface area (Å²) < 4.78 is 5.18. The molecule has 0 aromatic rings. The average molecular weight is 173 g/mol. The summed E-state index contributed by atoms with van der Waals surface area (Å²) in [6, 6.07) is 0. The summed E-state index contributed by atoms with van der Waals surface area (Å²) in [7, 11) is 0. The molecule has 0 aromatic carbocycles. The highest BCUT2D eigenvalue weighted by molar-refractivity contribution is 4.74. The van der Waals surface area contributed by atoms with Crippen molar-refractivity contribution in [1.29, 1.82) is 0 Å². The maximum absolute atomic E-state index is 5.18. The van der Waals surface area contributed by atoms with Gasteiger partial charge >= 0.3 is 0 Å². The molecule has 0 saturated carbocycles. The fourth-order valence-electron chi connectivity index (χ4n) is 1.83. The van der Waals surface area contributed by atoms with Crippen molar-refractivity contribution in [1.82, 2.24) is 5.32 Å². The van der Waals surface area contributed by atoms with Gasteiger partial charge in [-0.1, -0.05) is 0 Å². The van der Waals surface area contributed by atoms with Crippen molar-refractivity contribution in [3.8, 4) is 0 Å². The van der Waals surface area contributed by atoms with Crippen molar-refractivity contribution in [3.05, 3.63) is 0 Å². The Balaban J connectivity index is 0.000000720. The molecule has 2 unspecified atom stereocenters. The number of hydrogen-bond donors (Lipinski definition) is 1.